The van der Waals surface area contributed by atoms with Crippen LogP contribution < -0.4 is 20.6 Å². The average Bonchev–Trinajstić information content (AvgIpc) is 3.32. The van der Waals surface area contributed by atoms with Gasteiger partial charge in [-0.2, -0.15) is 0 Å². The first-order chi connectivity index (χ1) is 13.6. The van der Waals surface area contributed by atoms with Crippen molar-refractivity contribution >= 4 is 17.7 Å². The quantitative estimate of drug-likeness (QED) is 0.476. The van der Waals surface area contributed by atoms with E-state index in [-0.39, 0.29) is 24.5 Å². The molecule has 10 heteroatoms. The second-order valence-corrected chi connectivity index (χ2v) is 7.05. The summed E-state index contributed by atoms with van der Waals surface area (Å²) in [5, 5.41) is 11.5. The molecule has 0 aliphatic carbocycles. The first-order valence-corrected chi connectivity index (χ1v) is 9.53. The largest absolute Gasteiger partial charge is 0.454 e. The van der Waals surface area contributed by atoms with Crippen LogP contribution in [0.25, 0.3) is 11.4 Å². The Morgan fingerprint density at radius 1 is 1.32 bits per heavy atom. The van der Waals surface area contributed by atoms with Crippen molar-refractivity contribution in [2.75, 3.05) is 18.4 Å². The van der Waals surface area contributed by atoms with Gasteiger partial charge in [0.1, 0.15) is 0 Å². The molecule has 4 rings (SSSR count). The highest BCUT2D eigenvalue weighted by Crippen LogP contribution is 2.34. The number of rotatable bonds is 6. The smallest absolute Gasteiger partial charge is 0.231 e. The molecule has 3 heterocycles. The summed E-state index contributed by atoms with van der Waals surface area (Å²) in [4.78, 5) is 16.4. The fourth-order valence-corrected chi connectivity index (χ4v) is 3.41. The minimum Gasteiger partial charge on any atom is -0.454 e. The molecule has 9 nitrogen and oxygen atoms in total. The second-order valence-electron chi connectivity index (χ2n) is 6.11. The van der Waals surface area contributed by atoms with Crippen LogP contribution in [0.4, 0.5) is 0 Å². The molecule has 1 amide bonds. The Labute approximate surface area is 165 Å². The predicted molar refractivity (Wildman–Crippen MR) is 103 cm³/mol. The van der Waals surface area contributed by atoms with Crippen LogP contribution in [0.3, 0.4) is 0 Å². The van der Waals surface area contributed by atoms with Crippen molar-refractivity contribution in [1.29, 1.82) is 0 Å². The number of carbonyl (C=O) groups is 1. The Morgan fingerprint density at radius 2 is 2.18 bits per heavy atom. The van der Waals surface area contributed by atoms with Gasteiger partial charge in [-0.05, 0) is 36.8 Å². The maximum absolute atomic E-state index is 12.3. The van der Waals surface area contributed by atoms with Crippen LogP contribution in [0.15, 0.2) is 47.9 Å². The lowest BCUT2D eigenvalue weighted by Gasteiger charge is -2.14. The number of thioether (sulfide) groups is 1. The van der Waals surface area contributed by atoms with Gasteiger partial charge in [0, 0.05) is 18.0 Å². The van der Waals surface area contributed by atoms with Crippen molar-refractivity contribution in [3.63, 3.8) is 0 Å². The van der Waals surface area contributed by atoms with Crippen molar-refractivity contribution < 1.29 is 14.3 Å². The Balaban J connectivity index is 1.35. The maximum Gasteiger partial charge on any atom is 0.231 e. The molecule has 0 spiro atoms. The molecule has 0 unspecified atom stereocenters. The lowest BCUT2D eigenvalue weighted by Crippen LogP contribution is -2.28. The highest BCUT2D eigenvalue weighted by molar-refractivity contribution is 7.99. The van der Waals surface area contributed by atoms with Crippen LogP contribution >= 0.6 is 11.8 Å². The molecule has 3 N–H and O–H groups in total. The van der Waals surface area contributed by atoms with Gasteiger partial charge in [-0.3, -0.25) is 9.78 Å². The zero-order valence-corrected chi connectivity index (χ0v) is 15.8. The first-order valence-electron chi connectivity index (χ1n) is 8.54. The third kappa shape index (κ3) is 3.72. The van der Waals surface area contributed by atoms with Gasteiger partial charge in [0.15, 0.2) is 17.3 Å². The molecule has 0 saturated carbocycles. The van der Waals surface area contributed by atoms with E-state index >= 15 is 0 Å². The number of amides is 1. The fraction of sp³-hybridized carbons (Fsp3) is 0.222. The standard InChI is InChI=1S/C18H18N6O3S/c1-11(12-4-5-14-15(7-12)27-10-26-14)21-16(25)9-28-18-23-22-17(24(18)19)13-3-2-6-20-8-13/h2-8,11H,9-10,19H2,1H3,(H,21,25)/t11-/m0/s1. The molecule has 0 fully saturated rings. The van der Waals surface area contributed by atoms with Crippen LogP contribution in [0, 0.1) is 0 Å². The fourth-order valence-electron chi connectivity index (χ4n) is 2.75. The summed E-state index contributed by atoms with van der Waals surface area (Å²) >= 11 is 1.22. The number of nitrogen functional groups attached to an aromatic ring is 1. The van der Waals surface area contributed by atoms with Crippen molar-refractivity contribution in [3.8, 4) is 22.9 Å². The number of pyridine rings is 1. The normalized spacial score (nSPS) is 13.3. The van der Waals surface area contributed by atoms with Gasteiger partial charge in [0.05, 0.1) is 11.8 Å². The Bertz CT molecular complexity index is 994. The number of hydrogen-bond acceptors (Lipinski definition) is 8. The lowest BCUT2D eigenvalue weighted by atomic mass is 10.1. The van der Waals surface area contributed by atoms with Gasteiger partial charge >= 0.3 is 0 Å². The van der Waals surface area contributed by atoms with Crippen LogP contribution in [-0.2, 0) is 4.79 Å². The van der Waals surface area contributed by atoms with Gasteiger partial charge in [-0.15, -0.1) is 10.2 Å². The number of carbonyl (C=O) groups excluding carboxylic acids is 1. The Kier molecular flexibility index (Phi) is 5.02. The van der Waals surface area contributed by atoms with Gasteiger partial charge in [0.25, 0.3) is 0 Å². The summed E-state index contributed by atoms with van der Waals surface area (Å²) in [5.41, 5.74) is 1.69. The summed E-state index contributed by atoms with van der Waals surface area (Å²) in [7, 11) is 0. The molecular formula is C18H18N6O3S. The topological polar surface area (TPSA) is 117 Å². The number of benzene rings is 1. The minimum atomic E-state index is -0.177. The number of hydrogen-bond donors (Lipinski definition) is 2. The number of aromatic nitrogens is 4. The van der Waals surface area contributed by atoms with E-state index in [1.165, 1.54) is 16.4 Å². The zero-order valence-electron chi connectivity index (χ0n) is 15.0. The molecule has 1 aromatic carbocycles. The van der Waals surface area contributed by atoms with E-state index in [1.807, 2.05) is 31.2 Å². The second kappa shape index (κ2) is 7.77. The zero-order chi connectivity index (χ0) is 19.5. The van der Waals surface area contributed by atoms with E-state index in [1.54, 1.807) is 18.5 Å². The molecule has 3 aromatic rings. The number of nitrogens with one attached hydrogen (secondary N) is 1. The third-order valence-electron chi connectivity index (χ3n) is 4.19. The molecular weight excluding hydrogens is 380 g/mol. The molecule has 0 radical (unpaired) electrons. The number of ether oxygens (including phenoxy) is 2. The highest BCUT2D eigenvalue weighted by atomic mass is 32.2. The SMILES string of the molecule is C[C@H](NC(=O)CSc1nnc(-c2cccnc2)n1N)c1ccc2c(c1)OCO2. The van der Waals surface area contributed by atoms with Crippen molar-refractivity contribution in [2.24, 2.45) is 0 Å². The highest BCUT2D eigenvalue weighted by Gasteiger charge is 2.18. The van der Waals surface area contributed by atoms with E-state index in [9.17, 15) is 4.79 Å². The van der Waals surface area contributed by atoms with Crippen molar-refractivity contribution in [2.45, 2.75) is 18.1 Å². The van der Waals surface area contributed by atoms with Crippen molar-refractivity contribution in [1.82, 2.24) is 25.2 Å². The van der Waals surface area contributed by atoms with Gasteiger partial charge in [-0.1, -0.05) is 17.8 Å². The summed E-state index contributed by atoms with van der Waals surface area (Å²) < 4.78 is 12.0. The summed E-state index contributed by atoms with van der Waals surface area (Å²) in [6.07, 6.45) is 3.32. The molecule has 1 atom stereocenters. The molecule has 0 saturated heterocycles. The molecule has 0 bridgehead atoms. The van der Waals surface area contributed by atoms with Crippen LogP contribution in [0.2, 0.25) is 0 Å². The van der Waals surface area contributed by atoms with E-state index in [0.717, 1.165) is 11.1 Å². The van der Waals surface area contributed by atoms with Gasteiger partial charge in [-0.25, -0.2) is 4.68 Å². The van der Waals surface area contributed by atoms with E-state index in [4.69, 9.17) is 15.3 Å². The van der Waals surface area contributed by atoms with Gasteiger partial charge < -0.3 is 20.6 Å². The average molecular weight is 398 g/mol. The van der Waals surface area contributed by atoms with E-state index in [0.29, 0.717) is 22.5 Å². The van der Waals surface area contributed by atoms with Crippen LogP contribution in [0.1, 0.15) is 18.5 Å². The summed E-state index contributed by atoms with van der Waals surface area (Å²) in [6, 6.07) is 9.08. The molecule has 1 aliphatic rings. The minimum absolute atomic E-state index is 0.138. The van der Waals surface area contributed by atoms with Crippen molar-refractivity contribution in [3.05, 3.63) is 48.3 Å². The molecule has 28 heavy (non-hydrogen) atoms. The van der Waals surface area contributed by atoms with E-state index < -0.39 is 0 Å². The summed E-state index contributed by atoms with van der Waals surface area (Å²) in [5.74, 6) is 7.97. The van der Waals surface area contributed by atoms with E-state index in [2.05, 4.69) is 20.5 Å². The number of nitrogens with two attached hydrogens (primary N) is 1. The molecule has 1 aliphatic heterocycles. The van der Waals surface area contributed by atoms with Crippen LogP contribution in [-0.4, -0.2) is 38.3 Å². The monoisotopic (exact) mass is 398 g/mol. The number of fused-ring (bicyclic) bond motifs is 1. The lowest BCUT2D eigenvalue weighted by molar-refractivity contribution is -0.119. The predicted octanol–water partition coefficient (Wildman–Crippen LogP) is 1.75. The Hall–Kier alpha value is -3.27. The Morgan fingerprint density at radius 3 is 3.00 bits per heavy atom. The van der Waals surface area contributed by atoms with Gasteiger partial charge in [0.2, 0.25) is 17.9 Å². The third-order valence-corrected chi connectivity index (χ3v) is 5.13. The summed E-state index contributed by atoms with van der Waals surface area (Å²) in [6.45, 7) is 2.13. The van der Waals surface area contributed by atoms with Crippen LogP contribution in [0.5, 0.6) is 11.5 Å². The molecule has 2 aromatic heterocycles. The molecule has 144 valence electrons. The maximum atomic E-state index is 12.3. The number of nitrogens with zero attached hydrogens (tertiary/aromatic N) is 4. The first kappa shape index (κ1) is 18.1.